The zero-order valence-corrected chi connectivity index (χ0v) is 38.5. The molecule has 2 rings (SSSR count). The fourth-order valence-electron chi connectivity index (χ4n) is 6.80. The van der Waals surface area contributed by atoms with Gasteiger partial charge in [0.15, 0.2) is 0 Å². The first-order valence-electron chi connectivity index (χ1n) is 24.3. The van der Waals surface area contributed by atoms with E-state index in [1.807, 2.05) is 0 Å². The lowest BCUT2D eigenvalue weighted by atomic mass is 10.1. The zero-order valence-electron chi connectivity index (χ0n) is 38.5. The van der Waals surface area contributed by atoms with E-state index in [4.69, 9.17) is 18.9 Å². The highest BCUT2D eigenvalue weighted by atomic mass is 16.5. The van der Waals surface area contributed by atoms with Crippen molar-refractivity contribution < 1.29 is 38.1 Å². The average Bonchev–Trinajstić information content (AvgIpc) is 3.27. The maximum absolute atomic E-state index is 12.5. The molecule has 0 amide bonds. The Morgan fingerprint density at radius 3 is 0.767 bits per heavy atom. The second-order valence-corrected chi connectivity index (χ2v) is 16.2. The van der Waals surface area contributed by atoms with Crippen molar-refractivity contribution in [1.82, 2.24) is 0 Å². The maximum Gasteiger partial charge on any atom is 0.339 e. The van der Waals surface area contributed by atoms with Crippen molar-refractivity contribution in [2.45, 2.75) is 207 Å². The summed E-state index contributed by atoms with van der Waals surface area (Å²) in [5.74, 6) is -1.54. The molecule has 0 spiro atoms. The Hall–Kier alpha value is -3.68. The number of carbonyl (C=O) groups is 4. The van der Waals surface area contributed by atoms with E-state index in [2.05, 4.69) is 27.7 Å². The molecule has 0 bridgehead atoms. The molecule has 0 fully saturated rings. The summed E-state index contributed by atoms with van der Waals surface area (Å²) in [7, 11) is 0. The molecular weight excluding hydrogens is 753 g/mol. The Balaban J connectivity index is 0.000000605. The molecule has 8 nitrogen and oxygen atoms in total. The summed E-state index contributed by atoms with van der Waals surface area (Å²) in [5.41, 5.74) is 1.54. The van der Waals surface area contributed by atoms with E-state index in [-0.39, 0.29) is 11.9 Å². The number of carbonyl (C=O) groups excluding carboxylic acids is 4. The van der Waals surface area contributed by atoms with Crippen LogP contribution in [0, 0.1) is 0 Å². The van der Waals surface area contributed by atoms with Gasteiger partial charge in [0.05, 0.1) is 48.7 Å². The van der Waals surface area contributed by atoms with E-state index >= 15 is 0 Å². The molecule has 0 aliphatic heterocycles. The molecule has 0 aliphatic carbocycles. The average molecular weight is 837 g/mol. The summed E-state index contributed by atoms with van der Waals surface area (Å²) < 4.78 is 21.4. The highest BCUT2D eigenvalue weighted by Crippen LogP contribution is 2.15. The molecule has 0 unspecified atom stereocenters. The summed E-state index contributed by atoms with van der Waals surface area (Å²) in [4.78, 5) is 49.0. The molecule has 340 valence electrons. The van der Waals surface area contributed by atoms with Gasteiger partial charge in [0, 0.05) is 0 Å². The van der Waals surface area contributed by atoms with Crippen LogP contribution in [0.15, 0.2) is 48.5 Å². The third kappa shape index (κ3) is 28.7. The minimum atomic E-state index is -0.437. The van der Waals surface area contributed by atoms with Crippen LogP contribution in [-0.4, -0.2) is 50.3 Å². The summed E-state index contributed by atoms with van der Waals surface area (Å²) in [6.45, 7) is 10.5. The molecule has 0 N–H and O–H groups in total. The van der Waals surface area contributed by atoms with Gasteiger partial charge in [0.2, 0.25) is 0 Å². The van der Waals surface area contributed by atoms with Crippen molar-refractivity contribution in [2.24, 2.45) is 0 Å². The minimum Gasteiger partial charge on any atom is -0.462 e. The molecule has 0 saturated carbocycles. The molecule has 2 aromatic rings. The number of hydrogen-bond donors (Lipinski definition) is 0. The van der Waals surface area contributed by atoms with E-state index in [1.54, 1.807) is 48.5 Å². The lowest BCUT2D eigenvalue weighted by Gasteiger charge is -2.10. The summed E-state index contributed by atoms with van der Waals surface area (Å²) in [6, 6.07) is 13.3. The monoisotopic (exact) mass is 837 g/mol. The molecule has 0 heterocycles. The van der Waals surface area contributed by atoms with Crippen molar-refractivity contribution in [2.75, 3.05) is 26.4 Å². The smallest absolute Gasteiger partial charge is 0.339 e. The summed E-state index contributed by atoms with van der Waals surface area (Å²) in [6.07, 6.45) is 33.0. The van der Waals surface area contributed by atoms with Crippen LogP contribution >= 0.6 is 0 Å². The molecule has 8 heteroatoms. The number of rotatable bonds is 36. The first kappa shape index (κ1) is 54.3. The van der Waals surface area contributed by atoms with E-state index in [0.717, 1.165) is 51.4 Å². The van der Waals surface area contributed by atoms with E-state index < -0.39 is 11.9 Å². The van der Waals surface area contributed by atoms with Crippen molar-refractivity contribution in [1.29, 1.82) is 0 Å². The lowest BCUT2D eigenvalue weighted by Crippen LogP contribution is -2.15. The zero-order chi connectivity index (χ0) is 43.7. The van der Waals surface area contributed by atoms with E-state index in [0.29, 0.717) is 48.7 Å². The van der Waals surface area contributed by atoms with Gasteiger partial charge in [-0.1, -0.05) is 194 Å². The van der Waals surface area contributed by atoms with Crippen LogP contribution in [0.1, 0.15) is 249 Å². The van der Waals surface area contributed by atoms with Gasteiger partial charge < -0.3 is 18.9 Å². The predicted molar refractivity (Wildman–Crippen MR) is 246 cm³/mol. The summed E-state index contributed by atoms with van der Waals surface area (Å²) >= 11 is 0. The Bertz CT molecular complexity index is 1250. The van der Waals surface area contributed by atoms with Crippen LogP contribution in [0.3, 0.4) is 0 Å². The molecular formula is C52H84O8. The Morgan fingerprint density at radius 1 is 0.300 bits per heavy atom. The molecule has 0 atom stereocenters. The molecule has 0 saturated heterocycles. The van der Waals surface area contributed by atoms with Gasteiger partial charge in [-0.15, -0.1) is 0 Å². The highest BCUT2D eigenvalue weighted by molar-refractivity contribution is 6.03. The Kier molecular flexibility index (Phi) is 35.7. The van der Waals surface area contributed by atoms with Crippen molar-refractivity contribution in [3.8, 4) is 0 Å². The van der Waals surface area contributed by atoms with E-state index in [9.17, 15) is 19.2 Å². The number of esters is 4. The second-order valence-electron chi connectivity index (χ2n) is 16.2. The van der Waals surface area contributed by atoms with Crippen molar-refractivity contribution >= 4 is 23.9 Å². The SMILES string of the molecule is CCCCCCCCCCOC(=O)c1ccccc1C(=O)OCCCCCCCCCC.CCCCCCCCOC(=O)c1ccc(C(=O)OCCCCCCCC)cc1. The largest absolute Gasteiger partial charge is 0.462 e. The van der Waals surface area contributed by atoms with Gasteiger partial charge in [0.1, 0.15) is 0 Å². The van der Waals surface area contributed by atoms with Crippen LogP contribution in [-0.2, 0) is 18.9 Å². The van der Waals surface area contributed by atoms with Crippen LogP contribution in [0.4, 0.5) is 0 Å². The molecule has 0 aliphatic rings. The maximum atomic E-state index is 12.5. The first-order valence-corrected chi connectivity index (χ1v) is 24.3. The molecule has 0 aromatic heterocycles. The van der Waals surface area contributed by atoms with Crippen LogP contribution < -0.4 is 0 Å². The Morgan fingerprint density at radius 2 is 0.517 bits per heavy atom. The van der Waals surface area contributed by atoms with Crippen LogP contribution in [0.25, 0.3) is 0 Å². The Labute approximate surface area is 365 Å². The molecule has 0 radical (unpaired) electrons. The van der Waals surface area contributed by atoms with Gasteiger partial charge >= 0.3 is 23.9 Å². The van der Waals surface area contributed by atoms with Crippen LogP contribution in [0.2, 0.25) is 0 Å². The second kappa shape index (κ2) is 39.5. The normalized spacial score (nSPS) is 10.7. The van der Waals surface area contributed by atoms with Crippen molar-refractivity contribution in [3.05, 3.63) is 70.8 Å². The molecule has 2 aromatic carbocycles. The summed E-state index contributed by atoms with van der Waals surface area (Å²) in [5, 5.41) is 0. The fraction of sp³-hybridized carbons (Fsp3) is 0.692. The number of benzene rings is 2. The third-order valence-electron chi connectivity index (χ3n) is 10.6. The van der Waals surface area contributed by atoms with Gasteiger partial charge in [0.25, 0.3) is 0 Å². The third-order valence-corrected chi connectivity index (χ3v) is 10.6. The van der Waals surface area contributed by atoms with Gasteiger partial charge in [-0.2, -0.15) is 0 Å². The standard InChI is InChI=1S/C28H46O4.C24H38O4/c1-3-5-7-9-11-13-15-19-23-31-27(29)25-21-17-18-22-26(25)28(30)32-24-20-16-14-12-10-8-6-4-2;1-3-5-7-9-11-13-19-27-23(25)21-15-17-22(18-16-21)24(26)28-20-14-12-10-8-6-4-2/h17-18,21-22H,3-16,19-20,23-24H2,1-2H3;15-18H,3-14,19-20H2,1-2H3. The van der Waals surface area contributed by atoms with Gasteiger partial charge in [-0.05, 0) is 62.1 Å². The quantitative estimate of drug-likeness (QED) is 0.0380. The predicted octanol–water partition coefficient (Wildman–Crippen LogP) is 15.0. The van der Waals surface area contributed by atoms with Gasteiger partial charge in [-0.25, -0.2) is 19.2 Å². The van der Waals surface area contributed by atoms with E-state index in [1.165, 1.54) is 128 Å². The molecule has 60 heavy (non-hydrogen) atoms. The topological polar surface area (TPSA) is 105 Å². The number of ether oxygens (including phenoxy) is 4. The number of unbranched alkanes of at least 4 members (excludes halogenated alkanes) is 24. The first-order chi connectivity index (χ1) is 29.4. The number of hydrogen-bond acceptors (Lipinski definition) is 8. The lowest BCUT2D eigenvalue weighted by molar-refractivity contribution is 0.0450. The van der Waals surface area contributed by atoms with Crippen LogP contribution in [0.5, 0.6) is 0 Å². The minimum absolute atomic E-state index is 0.299. The van der Waals surface area contributed by atoms with Gasteiger partial charge in [-0.3, -0.25) is 0 Å². The fourth-order valence-corrected chi connectivity index (χ4v) is 6.80. The van der Waals surface area contributed by atoms with Crippen molar-refractivity contribution in [3.63, 3.8) is 0 Å². The highest BCUT2D eigenvalue weighted by Gasteiger charge is 2.19.